The SMILES string of the molecule is CSc1ccc(OC(C)C(=O)NC(C)CC(=O)O)cc1. The van der Waals surface area contributed by atoms with E-state index in [1.807, 2.05) is 18.4 Å². The normalized spacial score (nSPS) is 13.3. The van der Waals surface area contributed by atoms with Gasteiger partial charge in [0.25, 0.3) is 5.91 Å². The molecular weight excluding hydrogens is 278 g/mol. The summed E-state index contributed by atoms with van der Waals surface area (Å²) < 4.78 is 5.51. The van der Waals surface area contributed by atoms with Gasteiger partial charge in [0.05, 0.1) is 6.42 Å². The maximum Gasteiger partial charge on any atom is 0.305 e. The van der Waals surface area contributed by atoms with Crippen LogP contribution in [-0.4, -0.2) is 35.4 Å². The number of carbonyl (C=O) groups is 2. The Morgan fingerprint density at radius 1 is 1.30 bits per heavy atom. The second-order valence-corrected chi connectivity index (χ2v) is 5.32. The van der Waals surface area contributed by atoms with Crippen molar-refractivity contribution in [3.63, 3.8) is 0 Å². The number of aliphatic carboxylic acids is 1. The van der Waals surface area contributed by atoms with Gasteiger partial charge < -0.3 is 15.2 Å². The first-order chi connectivity index (χ1) is 9.42. The average molecular weight is 297 g/mol. The molecule has 0 aliphatic carbocycles. The number of amides is 1. The molecule has 2 N–H and O–H groups in total. The Balaban J connectivity index is 2.50. The van der Waals surface area contributed by atoms with Gasteiger partial charge in [-0.2, -0.15) is 0 Å². The Morgan fingerprint density at radius 3 is 2.40 bits per heavy atom. The molecule has 5 nitrogen and oxygen atoms in total. The fourth-order valence-corrected chi connectivity index (χ4v) is 1.99. The van der Waals surface area contributed by atoms with E-state index in [1.165, 1.54) is 0 Å². The first kappa shape index (κ1) is 16.4. The number of nitrogens with one attached hydrogen (secondary N) is 1. The number of thioether (sulfide) groups is 1. The van der Waals surface area contributed by atoms with Crippen LogP contribution in [0.5, 0.6) is 5.75 Å². The molecule has 1 aromatic rings. The van der Waals surface area contributed by atoms with E-state index in [0.717, 1.165) is 4.90 Å². The Morgan fingerprint density at radius 2 is 1.90 bits per heavy atom. The summed E-state index contributed by atoms with van der Waals surface area (Å²) >= 11 is 1.63. The van der Waals surface area contributed by atoms with Crippen LogP contribution in [0.3, 0.4) is 0 Å². The topological polar surface area (TPSA) is 75.6 Å². The van der Waals surface area contributed by atoms with Gasteiger partial charge in [0.1, 0.15) is 5.75 Å². The molecule has 2 atom stereocenters. The standard InChI is InChI=1S/C14H19NO4S/c1-9(8-13(16)17)15-14(18)10(2)19-11-4-6-12(20-3)7-5-11/h4-7,9-10H,8H2,1-3H3,(H,15,18)(H,16,17). The lowest BCUT2D eigenvalue weighted by atomic mass is 10.2. The summed E-state index contributed by atoms with van der Waals surface area (Å²) in [5.41, 5.74) is 0. The number of rotatable bonds is 7. The Labute approximate surface area is 122 Å². The second-order valence-electron chi connectivity index (χ2n) is 4.44. The van der Waals surface area contributed by atoms with Gasteiger partial charge in [0.2, 0.25) is 0 Å². The Bertz CT molecular complexity index is 461. The van der Waals surface area contributed by atoms with Gasteiger partial charge >= 0.3 is 5.97 Å². The number of carbonyl (C=O) groups excluding carboxylic acids is 1. The molecule has 6 heteroatoms. The summed E-state index contributed by atoms with van der Waals surface area (Å²) in [7, 11) is 0. The third-order valence-corrected chi connectivity index (χ3v) is 3.35. The maximum atomic E-state index is 11.8. The molecule has 1 rings (SSSR count). The van der Waals surface area contributed by atoms with E-state index < -0.39 is 18.1 Å². The summed E-state index contributed by atoms with van der Waals surface area (Å²) in [6.45, 7) is 3.28. The van der Waals surface area contributed by atoms with Crippen molar-refractivity contribution in [1.82, 2.24) is 5.32 Å². The van der Waals surface area contributed by atoms with Gasteiger partial charge in [-0.1, -0.05) is 0 Å². The third-order valence-electron chi connectivity index (χ3n) is 2.61. The third kappa shape index (κ3) is 5.52. The number of hydrogen-bond donors (Lipinski definition) is 2. The number of carboxylic acids is 1. The van der Waals surface area contributed by atoms with Gasteiger partial charge in [-0.15, -0.1) is 11.8 Å². The van der Waals surface area contributed by atoms with Crippen molar-refractivity contribution >= 4 is 23.6 Å². The molecule has 2 unspecified atom stereocenters. The minimum absolute atomic E-state index is 0.110. The van der Waals surface area contributed by atoms with Gasteiger partial charge in [-0.05, 0) is 44.4 Å². The zero-order valence-corrected chi connectivity index (χ0v) is 12.6. The molecular formula is C14H19NO4S. The number of hydrogen-bond acceptors (Lipinski definition) is 4. The average Bonchev–Trinajstić information content (AvgIpc) is 2.38. The van der Waals surface area contributed by atoms with Crippen LogP contribution in [-0.2, 0) is 9.59 Å². The number of carboxylic acid groups (broad SMARTS) is 1. The number of benzene rings is 1. The van der Waals surface area contributed by atoms with Crippen molar-refractivity contribution in [2.45, 2.75) is 37.3 Å². The molecule has 0 fully saturated rings. The molecule has 0 spiro atoms. The van der Waals surface area contributed by atoms with Crippen molar-refractivity contribution < 1.29 is 19.4 Å². The Kier molecular flexibility index (Phi) is 6.38. The minimum atomic E-state index is -0.945. The van der Waals surface area contributed by atoms with Gasteiger partial charge in [-0.3, -0.25) is 9.59 Å². The molecule has 0 saturated carbocycles. The molecule has 1 aromatic carbocycles. The molecule has 0 heterocycles. The van der Waals surface area contributed by atoms with Crippen molar-refractivity contribution in [2.75, 3.05) is 6.26 Å². The summed E-state index contributed by atoms with van der Waals surface area (Å²) in [5.74, 6) is -0.664. The lowest BCUT2D eigenvalue weighted by molar-refractivity contribution is -0.137. The van der Waals surface area contributed by atoms with Crippen molar-refractivity contribution in [3.05, 3.63) is 24.3 Å². The highest BCUT2D eigenvalue weighted by molar-refractivity contribution is 7.98. The smallest absolute Gasteiger partial charge is 0.305 e. The first-order valence-corrected chi connectivity index (χ1v) is 7.47. The van der Waals surface area contributed by atoms with Crippen LogP contribution >= 0.6 is 11.8 Å². The van der Waals surface area contributed by atoms with Crippen LogP contribution in [0.4, 0.5) is 0 Å². The zero-order valence-electron chi connectivity index (χ0n) is 11.8. The van der Waals surface area contributed by atoms with Gasteiger partial charge in [0, 0.05) is 10.9 Å². The summed E-state index contributed by atoms with van der Waals surface area (Å²) in [6.07, 6.45) is 1.20. The molecule has 0 aromatic heterocycles. The highest BCUT2D eigenvalue weighted by atomic mass is 32.2. The van der Waals surface area contributed by atoms with E-state index in [0.29, 0.717) is 5.75 Å². The van der Waals surface area contributed by atoms with E-state index in [2.05, 4.69) is 5.32 Å². The lowest BCUT2D eigenvalue weighted by Gasteiger charge is -2.17. The van der Waals surface area contributed by atoms with Crippen LogP contribution in [0.15, 0.2) is 29.2 Å². The molecule has 20 heavy (non-hydrogen) atoms. The lowest BCUT2D eigenvalue weighted by Crippen LogP contribution is -2.42. The maximum absolute atomic E-state index is 11.8. The van der Waals surface area contributed by atoms with Crippen molar-refractivity contribution in [2.24, 2.45) is 0 Å². The fourth-order valence-electron chi connectivity index (χ4n) is 1.59. The van der Waals surface area contributed by atoms with Crippen LogP contribution in [0.2, 0.25) is 0 Å². The van der Waals surface area contributed by atoms with Crippen LogP contribution < -0.4 is 10.1 Å². The van der Waals surface area contributed by atoms with Gasteiger partial charge in [0.15, 0.2) is 6.10 Å². The highest BCUT2D eigenvalue weighted by Crippen LogP contribution is 2.19. The number of ether oxygens (including phenoxy) is 1. The minimum Gasteiger partial charge on any atom is -0.481 e. The summed E-state index contributed by atoms with van der Waals surface area (Å²) in [5, 5.41) is 11.2. The van der Waals surface area contributed by atoms with Crippen LogP contribution in [0.25, 0.3) is 0 Å². The van der Waals surface area contributed by atoms with Crippen molar-refractivity contribution in [1.29, 1.82) is 0 Å². The zero-order chi connectivity index (χ0) is 15.1. The van der Waals surface area contributed by atoms with Crippen LogP contribution in [0, 0.1) is 0 Å². The largest absolute Gasteiger partial charge is 0.481 e. The van der Waals surface area contributed by atoms with E-state index >= 15 is 0 Å². The molecule has 1 amide bonds. The van der Waals surface area contributed by atoms with E-state index in [1.54, 1.807) is 37.7 Å². The molecule has 0 radical (unpaired) electrons. The van der Waals surface area contributed by atoms with Crippen LogP contribution in [0.1, 0.15) is 20.3 Å². The van der Waals surface area contributed by atoms with Gasteiger partial charge in [-0.25, -0.2) is 0 Å². The Hall–Kier alpha value is -1.69. The van der Waals surface area contributed by atoms with Crippen molar-refractivity contribution in [3.8, 4) is 5.75 Å². The molecule has 0 aliphatic heterocycles. The summed E-state index contributed by atoms with van der Waals surface area (Å²) in [6, 6.07) is 7.01. The van der Waals surface area contributed by atoms with E-state index in [4.69, 9.17) is 9.84 Å². The predicted octanol–water partition coefficient (Wildman–Crippen LogP) is 2.16. The monoisotopic (exact) mass is 297 g/mol. The second kappa shape index (κ2) is 7.79. The quantitative estimate of drug-likeness (QED) is 0.754. The molecule has 0 saturated heterocycles. The van der Waals surface area contributed by atoms with E-state index in [-0.39, 0.29) is 12.3 Å². The fraction of sp³-hybridized carbons (Fsp3) is 0.429. The molecule has 0 aliphatic rings. The van der Waals surface area contributed by atoms with E-state index in [9.17, 15) is 9.59 Å². The molecule has 0 bridgehead atoms. The predicted molar refractivity (Wildman–Crippen MR) is 78.2 cm³/mol. The highest BCUT2D eigenvalue weighted by Gasteiger charge is 2.18. The summed E-state index contributed by atoms with van der Waals surface area (Å²) in [4.78, 5) is 23.5. The first-order valence-electron chi connectivity index (χ1n) is 6.25. The molecule has 110 valence electrons.